The lowest BCUT2D eigenvalue weighted by molar-refractivity contribution is -0.139. The fourth-order valence-electron chi connectivity index (χ4n) is 3.99. The molecule has 3 heterocycles. The third-order valence-electron chi connectivity index (χ3n) is 5.57. The molecule has 0 bridgehead atoms. The van der Waals surface area contributed by atoms with E-state index in [2.05, 4.69) is 21.5 Å². The number of nitrogens with one attached hydrogen (secondary N) is 3. The maximum atomic E-state index is 12.7. The van der Waals surface area contributed by atoms with E-state index in [1.807, 2.05) is 4.72 Å². The molecule has 178 valence electrons. The molecule has 1 aromatic carbocycles. The zero-order valence-corrected chi connectivity index (χ0v) is 19.6. The Morgan fingerprint density at radius 1 is 1.38 bits per heavy atom. The van der Waals surface area contributed by atoms with Crippen molar-refractivity contribution < 1.29 is 17.9 Å². The van der Waals surface area contributed by atoms with Crippen molar-refractivity contribution in [3.05, 3.63) is 51.9 Å². The van der Waals surface area contributed by atoms with Gasteiger partial charge in [0.05, 0.1) is 36.4 Å². The Kier molecular flexibility index (Phi) is 6.35. The third-order valence-corrected chi connectivity index (χ3v) is 6.40. The molecule has 0 aliphatic carbocycles. The smallest absolute Gasteiger partial charge is 0.262 e. The number of ether oxygens (including phenoxy) is 1. The van der Waals surface area contributed by atoms with E-state index in [1.54, 1.807) is 35.0 Å². The average Bonchev–Trinajstić information content (AvgIpc) is 3.15. The molecule has 0 saturated carbocycles. The number of pyridine rings is 1. The number of aromatic nitrogens is 3. The van der Waals surface area contributed by atoms with Crippen LogP contribution in [0.25, 0.3) is 10.9 Å². The predicted octanol–water partition coefficient (Wildman–Crippen LogP) is 1.99. The highest BCUT2D eigenvalue weighted by molar-refractivity contribution is 7.89. The highest BCUT2D eigenvalue weighted by Crippen LogP contribution is 2.37. The van der Waals surface area contributed by atoms with Gasteiger partial charge in [-0.25, -0.2) is 8.42 Å². The van der Waals surface area contributed by atoms with Crippen LogP contribution in [0.1, 0.15) is 19.3 Å². The van der Waals surface area contributed by atoms with Gasteiger partial charge in [-0.1, -0.05) is 11.6 Å². The Balaban J connectivity index is 1.71. The molecule has 13 heteroatoms. The number of carbonyl (C=O) groups excluding carboxylic acids is 1. The van der Waals surface area contributed by atoms with Gasteiger partial charge in [-0.05, 0) is 43.2 Å². The van der Waals surface area contributed by atoms with Crippen LogP contribution in [0.5, 0.6) is 0 Å². The lowest BCUT2D eigenvalue weighted by Gasteiger charge is -2.38. The Morgan fingerprint density at radius 2 is 2.12 bits per heavy atom. The number of nitrogens with zero attached hydrogens (tertiary/aromatic N) is 3. The quantitative estimate of drug-likeness (QED) is 0.459. The van der Waals surface area contributed by atoms with Gasteiger partial charge in [-0.3, -0.25) is 19.0 Å². The third kappa shape index (κ3) is 4.77. The number of aromatic amines is 1. The van der Waals surface area contributed by atoms with E-state index in [9.17, 15) is 23.3 Å². The van der Waals surface area contributed by atoms with Crippen LogP contribution in [-0.2, 0) is 25.1 Å². The lowest BCUT2D eigenvalue weighted by atomic mass is 9.87. The van der Waals surface area contributed by atoms with E-state index < -0.39 is 27.6 Å². The van der Waals surface area contributed by atoms with Crippen molar-refractivity contribution >= 4 is 49.9 Å². The summed E-state index contributed by atoms with van der Waals surface area (Å²) >= 11 is 5.95. The minimum absolute atomic E-state index is 0.00260. The molecule has 1 fully saturated rings. The predicted molar refractivity (Wildman–Crippen MR) is 125 cm³/mol. The van der Waals surface area contributed by atoms with E-state index in [0.29, 0.717) is 28.0 Å². The van der Waals surface area contributed by atoms with E-state index in [1.165, 1.54) is 6.20 Å². The number of rotatable bonds is 6. The number of anilines is 2. The zero-order chi connectivity index (χ0) is 24.5. The molecule has 1 aliphatic rings. The second-order valence-corrected chi connectivity index (χ2v) is 10.3. The maximum Gasteiger partial charge on any atom is 0.262 e. The number of hydrogen-bond acceptors (Lipinski definition) is 8. The first-order chi connectivity index (χ1) is 16.1. The number of carbonyl (C=O) groups is 1. The van der Waals surface area contributed by atoms with Gasteiger partial charge in [0.1, 0.15) is 11.5 Å². The zero-order valence-electron chi connectivity index (χ0n) is 18.0. The molecular formula is C21H21ClN6O5S. The number of hydrogen-bond donors (Lipinski definition) is 3. The van der Waals surface area contributed by atoms with E-state index in [4.69, 9.17) is 16.3 Å². The summed E-state index contributed by atoms with van der Waals surface area (Å²) < 4.78 is 32.0. The number of fused-ring (bicyclic) bond motifs is 1. The van der Waals surface area contributed by atoms with Gasteiger partial charge < -0.3 is 15.0 Å². The first-order valence-corrected chi connectivity index (χ1v) is 12.5. The standard InChI is InChI=1S/C21H21ClN6O5S/c1-34(31,32)27-19(29)16-6-8-21(9-10-23,12-33-16)28-15-7-11-24-20(30)17(15)18(26-28)25-14-4-2-13(22)3-5-14/h2-5,7,11,16H,6,8-9,12H2,1H3,(H,24,30)(H,25,26)(H,27,29)/t16?,21-/m0/s1. The largest absolute Gasteiger partial charge is 0.366 e. The van der Waals surface area contributed by atoms with Gasteiger partial charge in [-0.15, -0.1) is 0 Å². The van der Waals surface area contributed by atoms with Crippen molar-refractivity contribution in [1.82, 2.24) is 19.5 Å². The number of sulfonamides is 1. The van der Waals surface area contributed by atoms with E-state index in [-0.39, 0.29) is 30.8 Å². The van der Waals surface area contributed by atoms with Crippen molar-refractivity contribution in [3.8, 4) is 6.07 Å². The van der Waals surface area contributed by atoms with Crippen LogP contribution in [0.4, 0.5) is 11.5 Å². The van der Waals surface area contributed by atoms with Crippen molar-refractivity contribution in [2.75, 3.05) is 18.2 Å². The fraction of sp³-hybridized carbons (Fsp3) is 0.333. The second kappa shape index (κ2) is 9.09. The summed E-state index contributed by atoms with van der Waals surface area (Å²) in [6.07, 6.45) is 1.84. The normalized spacial score (nSPS) is 20.6. The molecule has 0 radical (unpaired) electrons. The molecule has 1 saturated heterocycles. The molecule has 1 amide bonds. The molecule has 2 aromatic heterocycles. The summed E-state index contributed by atoms with van der Waals surface area (Å²) in [4.78, 5) is 27.6. The van der Waals surface area contributed by atoms with Crippen LogP contribution in [0.2, 0.25) is 5.02 Å². The molecule has 34 heavy (non-hydrogen) atoms. The molecule has 0 spiro atoms. The Hall–Kier alpha value is -3.40. The van der Waals surface area contributed by atoms with Crippen LogP contribution in [0.15, 0.2) is 41.3 Å². The van der Waals surface area contributed by atoms with Gasteiger partial charge in [0, 0.05) is 16.9 Å². The van der Waals surface area contributed by atoms with Gasteiger partial charge in [0.2, 0.25) is 10.0 Å². The van der Waals surface area contributed by atoms with Gasteiger partial charge >= 0.3 is 0 Å². The molecule has 1 aliphatic heterocycles. The number of benzene rings is 1. The SMILES string of the molecule is CS(=O)(=O)NC(=O)C1CC[C@@](CC#N)(n2nc(Nc3ccc(Cl)cc3)c3c(=O)[nH]ccc32)CO1. The van der Waals surface area contributed by atoms with E-state index in [0.717, 1.165) is 6.26 Å². The topological polar surface area (TPSA) is 159 Å². The molecule has 3 aromatic rings. The van der Waals surface area contributed by atoms with Crippen LogP contribution in [0.3, 0.4) is 0 Å². The number of nitriles is 1. The van der Waals surface area contributed by atoms with Crippen molar-refractivity contribution in [1.29, 1.82) is 5.26 Å². The summed E-state index contributed by atoms with van der Waals surface area (Å²) in [7, 11) is -3.73. The lowest BCUT2D eigenvalue weighted by Crippen LogP contribution is -2.49. The number of halogens is 1. The first kappa shape index (κ1) is 23.7. The Labute approximate surface area is 199 Å². The fourth-order valence-corrected chi connectivity index (χ4v) is 4.61. The van der Waals surface area contributed by atoms with Crippen molar-refractivity contribution in [2.24, 2.45) is 0 Å². The molecule has 3 N–H and O–H groups in total. The molecule has 11 nitrogen and oxygen atoms in total. The number of amides is 1. The summed E-state index contributed by atoms with van der Waals surface area (Å²) in [6, 6.07) is 10.7. The molecular weight excluding hydrogens is 484 g/mol. The van der Waals surface area contributed by atoms with Crippen LogP contribution in [-0.4, -0.2) is 48.1 Å². The Bertz CT molecular complexity index is 1430. The highest BCUT2D eigenvalue weighted by Gasteiger charge is 2.42. The van der Waals surface area contributed by atoms with E-state index >= 15 is 0 Å². The van der Waals surface area contributed by atoms with Crippen LogP contribution >= 0.6 is 11.6 Å². The summed E-state index contributed by atoms with van der Waals surface area (Å²) in [5, 5.41) is 18.2. The van der Waals surface area contributed by atoms with Crippen molar-refractivity contribution in [3.63, 3.8) is 0 Å². The molecule has 2 atom stereocenters. The summed E-state index contributed by atoms with van der Waals surface area (Å²) in [5.74, 6) is -0.478. The summed E-state index contributed by atoms with van der Waals surface area (Å²) in [6.45, 7) is -0.0770. The van der Waals surface area contributed by atoms with Crippen LogP contribution in [0, 0.1) is 11.3 Å². The first-order valence-electron chi connectivity index (χ1n) is 10.3. The monoisotopic (exact) mass is 504 g/mol. The van der Waals surface area contributed by atoms with Crippen LogP contribution < -0.4 is 15.6 Å². The van der Waals surface area contributed by atoms with Crippen molar-refractivity contribution in [2.45, 2.75) is 30.9 Å². The van der Waals surface area contributed by atoms with Gasteiger partial charge in [0.25, 0.3) is 11.5 Å². The minimum Gasteiger partial charge on any atom is -0.366 e. The number of H-pyrrole nitrogens is 1. The molecule has 4 rings (SSSR count). The minimum atomic E-state index is -3.73. The van der Waals surface area contributed by atoms with Gasteiger partial charge in [0.15, 0.2) is 5.82 Å². The molecule has 1 unspecified atom stereocenters. The van der Waals surface area contributed by atoms with Gasteiger partial charge in [-0.2, -0.15) is 10.4 Å². The Morgan fingerprint density at radius 3 is 2.74 bits per heavy atom. The highest BCUT2D eigenvalue weighted by atomic mass is 35.5. The second-order valence-electron chi connectivity index (χ2n) is 8.10. The summed E-state index contributed by atoms with van der Waals surface area (Å²) in [5.41, 5.74) is -0.193. The maximum absolute atomic E-state index is 12.7. The average molecular weight is 505 g/mol.